The van der Waals surface area contributed by atoms with Gasteiger partial charge in [-0.3, -0.25) is 9.69 Å². The molecule has 0 aliphatic carbocycles. The molecule has 2 aliphatic rings. The van der Waals surface area contributed by atoms with Gasteiger partial charge in [-0.25, -0.2) is 13.4 Å². The average molecular weight is 490 g/mol. The van der Waals surface area contributed by atoms with E-state index in [0.717, 1.165) is 17.7 Å². The highest BCUT2D eigenvalue weighted by molar-refractivity contribution is 8.13. The van der Waals surface area contributed by atoms with Crippen LogP contribution >= 0.6 is 11.8 Å². The van der Waals surface area contributed by atoms with Crippen LogP contribution in [0.4, 0.5) is 5.69 Å². The molecule has 33 heavy (non-hydrogen) atoms. The van der Waals surface area contributed by atoms with Crippen molar-refractivity contribution < 1.29 is 22.7 Å². The first kappa shape index (κ1) is 23.7. The van der Waals surface area contributed by atoms with E-state index in [4.69, 9.17) is 14.5 Å². The molecule has 4 rings (SSSR count). The van der Waals surface area contributed by atoms with Gasteiger partial charge in [0.05, 0.1) is 25.2 Å². The predicted octanol–water partition coefficient (Wildman–Crippen LogP) is 3.29. The van der Waals surface area contributed by atoms with Crippen molar-refractivity contribution >= 4 is 38.5 Å². The summed E-state index contributed by atoms with van der Waals surface area (Å²) in [7, 11) is -2.11. The first-order valence-electron chi connectivity index (χ1n) is 10.8. The van der Waals surface area contributed by atoms with Crippen LogP contribution in [0.3, 0.4) is 0 Å². The average Bonchev–Trinajstić information content (AvgIpc) is 2.85. The minimum Gasteiger partial charge on any atom is -0.494 e. The number of sulfonamides is 1. The monoisotopic (exact) mass is 489 g/mol. The second-order valence-electron chi connectivity index (χ2n) is 7.77. The van der Waals surface area contributed by atoms with Gasteiger partial charge in [-0.05, 0) is 49.2 Å². The smallest absolute Gasteiger partial charge is 0.259 e. The first-order valence-corrected chi connectivity index (χ1v) is 13.2. The lowest BCUT2D eigenvalue weighted by atomic mass is 10.2. The zero-order valence-electron chi connectivity index (χ0n) is 18.7. The molecule has 2 saturated heterocycles. The van der Waals surface area contributed by atoms with E-state index in [0.29, 0.717) is 55.0 Å². The number of morpholine rings is 1. The molecule has 0 bridgehead atoms. The molecule has 2 aliphatic heterocycles. The van der Waals surface area contributed by atoms with Crippen LogP contribution in [0.25, 0.3) is 0 Å². The van der Waals surface area contributed by atoms with E-state index in [2.05, 4.69) is 0 Å². The van der Waals surface area contributed by atoms with E-state index in [1.165, 1.54) is 28.2 Å². The summed E-state index contributed by atoms with van der Waals surface area (Å²) >= 11 is 1.51. The molecule has 10 heteroatoms. The van der Waals surface area contributed by atoms with Crippen LogP contribution in [0.15, 0.2) is 52.4 Å². The third-order valence-corrected chi connectivity index (χ3v) is 8.43. The van der Waals surface area contributed by atoms with Gasteiger partial charge in [0.1, 0.15) is 11.4 Å². The number of methoxy groups -OCH3 is 1. The van der Waals surface area contributed by atoms with Gasteiger partial charge in [-0.2, -0.15) is 4.31 Å². The van der Waals surface area contributed by atoms with Gasteiger partial charge in [0.2, 0.25) is 10.0 Å². The third kappa shape index (κ3) is 5.24. The minimum absolute atomic E-state index is 0.110. The molecule has 0 atom stereocenters. The third-order valence-electron chi connectivity index (χ3n) is 5.47. The molecule has 0 N–H and O–H groups in total. The number of rotatable bonds is 5. The van der Waals surface area contributed by atoms with Crippen molar-refractivity contribution in [3.63, 3.8) is 0 Å². The Labute approximate surface area is 198 Å². The van der Waals surface area contributed by atoms with Gasteiger partial charge >= 0.3 is 0 Å². The number of hydrogen-bond acceptors (Lipinski definition) is 7. The number of amides is 1. The van der Waals surface area contributed by atoms with E-state index in [1.54, 1.807) is 24.1 Å². The molecule has 1 amide bonds. The first-order chi connectivity index (χ1) is 15.9. The Hall–Kier alpha value is -2.40. The number of benzene rings is 2. The standard InChI is InChI=1S/C23H27N3O5S2/c1-17-7-8-21(30-2)20(15-17)24-23-26(9-4-14-32-23)22(27)18-5-3-6-19(16-18)33(28,29)25-10-12-31-13-11-25/h3,5-8,15-16H,4,9-14H2,1-2H3. The quantitative estimate of drug-likeness (QED) is 0.640. The summed E-state index contributed by atoms with van der Waals surface area (Å²) in [5.74, 6) is 1.21. The van der Waals surface area contributed by atoms with Crippen LogP contribution < -0.4 is 4.74 Å². The molecular formula is C23H27N3O5S2. The molecule has 2 heterocycles. The fourth-order valence-corrected chi connectivity index (χ4v) is 6.12. The van der Waals surface area contributed by atoms with Gasteiger partial charge in [-0.1, -0.05) is 23.9 Å². The van der Waals surface area contributed by atoms with E-state index in [1.807, 2.05) is 25.1 Å². The Kier molecular flexibility index (Phi) is 7.38. The number of carbonyl (C=O) groups is 1. The van der Waals surface area contributed by atoms with Crippen LogP contribution in [0.2, 0.25) is 0 Å². The summed E-state index contributed by atoms with van der Waals surface area (Å²) in [5, 5.41) is 0.580. The molecular weight excluding hydrogens is 462 g/mol. The maximum Gasteiger partial charge on any atom is 0.259 e. The van der Waals surface area contributed by atoms with Crippen molar-refractivity contribution in [2.24, 2.45) is 4.99 Å². The molecule has 0 radical (unpaired) electrons. The molecule has 2 aromatic carbocycles. The van der Waals surface area contributed by atoms with Crippen LogP contribution in [-0.2, 0) is 14.8 Å². The van der Waals surface area contributed by atoms with Crippen molar-refractivity contribution in [1.82, 2.24) is 9.21 Å². The highest BCUT2D eigenvalue weighted by atomic mass is 32.2. The van der Waals surface area contributed by atoms with E-state index in [9.17, 15) is 13.2 Å². The van der Waals surface area contributed by atoms with Gasteiger partial charge < -0.3 is 9.47 Å². The number of hydrogen-bond donors (Lipinski definition) is 0. The highest BCUT2D eigenvalue weighted by Gasteiger charge is 2.29. The van der Waals surface area contributed by atoms with Crippen LogP contribution in [-0.4, -0.2) is 74.4 Å². The molecule has 0 aromatic heterocycles. The number of aliphatic imine (C=N–C) groups is 1. The van der Waals surface area contributed by atoms with E-state index >= 15 is 0 Å². The van der Waals surface area contributed by atoms with Crippen LogP contribution in [0.5, 0.6) is 5.75 Å². The minimum atomic E-state index is -3.69. The lowest BCUT2D eigenvalue weighted by Gasteiger charge is -2.28. The molecule has 176 valence electrons. The Bertz CT molecular complexity index is 1160. The van der Waals surface area contributed by atoms with E-state index in [-0.39, 0.29) is 10.8 Å². The summed E-state index contributed by atoms with van der Waals surface area (Å²) in [6.45, 7) is 3.83. The number of carbonyl (C=O) groups excluding carboxylic acids is 1. The van der Waals surface area contributed by atoms with Gasteiger partial charge in [-0.15, -0.1) is 0 Å². The molecule has 0 unspecified atom stereocenters. The summed E-state index contributed by atoms with van der Waals surface area (Å²) < 4.78 is 38.2. The van der Waals surface area contributed by atoms with Crippen molar-refractivity contribution in [3.8, 4) is 5.75 Å². The van der Waals surface area contributed by atoms with E-state index < -0.39 is 10.0 Å². The van der Waals surface area contributed by atoms with Gasteiger partial charge in [0.25, 0.3) is 5.91 Å². The Balaban J connectivity index is 1.64. The van der Waals surface area contributed by atoms with Crippen molar-refractivity contribution in [1.29, 1.82) is 0 Å². The Morgan fingerprint density at radius 3 is 2.67 bits per heavy atom. The Morgan fingerprint density at radius 2 is 1.91 bits per heavy atom. The van der Waals surface area contributed by atoms with Gasteiger partial charge in [0.15, 0.2) is 5.17 Å². The fourth-order valence-electron chi connectivity index (χ4n) is 3.71. The normalized spacial score (nSPS) is 19.0. The maximum absolute atomic E-state index is 13.4. The number of nitrogens with zero attached hydrogens (tertiary/aromatic N) is 3. The van der Waals surface area contributed by atoms with Crippen molar-refractivity contribution in [2.75, 3.05) is 45.7 Å². The SMILES string of the molecule is COc1ccc(C)cc1N=C1SCCCN1C(=O)c1cccc(S(=O)(=O)N2CCOCC2)c1. The summed E-state index contributed by atoms with van der Waals surface area (Å²) in [6.07, 6.45) is 0.826. The predicted molar refractivity (Wildman–Crippen MR) is 129 cm³/mol. The summed E-state index contributed by atoms with van der Waals surface area (Å²) in [6, 6.07) is 12.0. The van der Waals surface area contributed by atoms with Crippen molar-refractivity contribution in [3.05, 3.63) is 53.6 Å². The van der Waals surface area contributed by atoms with Gasteiger partial charge in [0, 0.05) is 31.0 Å². The number of amidine groups is 1. The van der Waals surface area contributed by atoms with Crippen molar-refractivity contribution in [2.45, 2.75) is 18.2 Å². The fraction of sp³-hybridized carbons (Fsp3) is 0.391. The largest absolute Gasteiger partial charge is 0.494 e. The van der Waals surface area contributed by atoms with Crippen LogP contribution in [0.1, 0.15) is 22.3 Å². The molecule has 0 saturated carbocycles. The maximum atomic E-state index is 13.4. The topological polar surface area (TPSA) is 88.5 Å². The lowest BCUT2D eigenvalue weighted by molar-refractivity contribution is 0.0730. The lowest BCUT2D eigenvalue weighted by Crippen LogP contribution is -2.41. The zero-order valence-corrected chi connectivity index (χ0v) is 20.3. The zero-order chi connectivity index (χ0) is 23.4. The number of thioether (sulfide) groups is 1. The molecule has 2 fully saturated rings. The van der Waals surface area contributed by atoms with Crippen LogP contribution in [0, 0.1) is 6.92 Å². The number of aryl methyl sites for hydroxylation is 1. The summed E-state index contributed by atoms with van der Waals surface area (Å²) in [4.78, 5) is 19.9. The molecule has 0 spiro atoms. The summed E-state index contributed by atoms with van der Waals surface area (Å²) in [5.41, 5.74) is 2.01. The second kappa shape index (κ2) is 10.3. The molecule has 8 nitrogen and oxygen atoms in total. The highest BCUT2D eigenvalue weighted by Crippen LogP contribution is 2.32. The Morgan fingerprint density at radius 1 is 1.12 bits per heavy atom. The second-order valence-corrected chi connectivity index (χ2v) is 10.8. The number of ether oxygens (including phenoxy) is 2. The molecule has 2 aromatic rings.